The van der Waals surface area contributed by atoms with Crippen molar-refractivity contribution < 1.29 is 4.92 Å². The number of para-hydroxylation sites is 1. The maximum atomic E-state index is 10.9. The fraction of sp³-hybridized carbons (Fsp3) is 0.333. The molecule has 0 aliphatic heterocycles. The van der Waals surface area contributed by atoms with Gasteiger partial charge in [-0.1, -0.05) is 18.1 Å². The zero-order valence-electron chi connectivity index (χ0n) is 9.57. The maximum Gasteiger partial charge on any atom is 0.295 e. The van der Waals surface area contributed by atoms with Crippen LogP contribution in [0, 0.1) is 29.4 Å². The summed E-state index contributed by atoms with van der Waals surface area (Å²) in [5.74, 6) is 2.54. The zero-order valence-corrected chi connectivity index (χ0v) is 9.57. The van der Waals surface area contributed by atoms with Crippen LogP contribution in [0.2, 0.25) is 0 Å². The van der Waals surface area contributed by atoms with Gasteiger partial charge in [-0.3, -0.25) is 10.1 Å². The number of nitrogens with one attached hydrogen (secondary N) is 1. The number of rotatable bonds is 3. The second-order valence-electron chi connectivity index (χ2n) is 4.12. The van der Waals surface area contributed by atoms with E-state index < -0.39 is 10.5 Å². The van der Waals surface area contributed by atoms with E-state index >= 15 is 0 Å². The molecule has 0 aromatic heterocycles. The van der Waals surface area contributed by atoms with E-state index in [0.717, 1.165) is 0 Å². The number of nitrogens with zero attached hydrogens (tertiary/aromatic N) is 1. The van der Waals surface area contributed by atoms with Gasteiger partial charge < -0.3 is 5.32 Å². The Morgan fingerprint density at radius 3 is 2.62 bits per heavy atom. The molecule has 0 bridgehead atoms. The molecule has 1 N–H and O–H groups in total. The molecule has 0 aliphatic rings. The Morgan fingerprint density at radius 1 is 1.50 bits per heavy atom. The summed E-state index contributed by atoms with van der Waals surface area (Å²) in [6.45, 7) is 5.28. The van der Waals surface area contributed by atoms with Gasteiger partial charge in [-0.05, 0) is 26.8 Å². The van der Waals surface area contributed by atoms with Gasteiger partial charge in [-0.15, -0.1) is 6.42 Å². The number of benzene rings is 1. The fourth-order valence-electron chi connectivity index (χ4n) is 1.37. The van der Waals surface area contributed by atoms with Crippen LogP contribution in [0.3, 0.4) is 0 Å². The highest BCUT2D eigenvalue weighted by atomic mass is 16.6. The number of nitro benzene ring substituents is 1. The molecule has 1 aromatic rings. The molecule has 1 rings (SSSR count). The molecule has 0 unspecified atom stereocenters. The molecule has 0 heterocycles. The first-order valence-electron chi connectivity index (χ1n) is 4.87. The average Bonchev–Trinajstić information content (AvgIpc) is 2.16. The number of terminal acetylenes is 1. The van der Waals surface area contributed by atoms with Crippen molar-refractivity contribution in [1.82, 2.24) is 0 Å². The van der Waals surface area contributed by atoms with Crippen molar-refractivity contribution in [2.45, 2.75) is 26.3 Å². The third kappa shape index (κ3) is 2.51. The van der Waals surface area contributed by atoms with Crippen molar-refractivity contribution in [3.8, 4) is 12.3 Å². The minimum atomic E-state index is -0.613. The second kappa shape index (κ2) is 4.23. The molecule has 4 heteroatoms. The molecule has 0 spiro atoms. The summed E-state index contributed by atoms with van der Waals surface area (Å²) in [6.07, 6.45) is 5.34. The third-order valence-electron chi connectivity index (χ3n) is 2.23. The first kappa shape index (κ1) is 12.1. The molecule has 84 valence electrons. The van der Waals surface area contributed by atoms with Gasteiger partial charge in [0.2, 0.25) is 0 Å². The van der Waals surface area contributed by atoms with Crippen molar-refractivity contribution in [1.29, 1.82) is 0 Å². The molecule has 1 aromatic carbocycles. The topological polar surface area (TPSA) is 55.2 Å². The summed E-state index contributed by atoms with van der Waals surface area (Å²) in [7, 11) is 0. The summed E-state index contributed by atoms with van der Waals surface area (Å²) in [4.78, 5) is 10.5. The number of hydrogen-bond donors (Lipinski definition) is 1. The van der Waals surface area contributed by atoms with Gasteiger partial charge in [0.1, 0.15) is 5.69 Å². The molecule has 4 nitrogen and oxygen atoms in total. The average molecular weight is 218 g/mol. The van der Waals surface area contributed by atoms with Crippen molar-refractivity contribution in [3.63, 3.8) is 0 Å². The van der Waals surface area contributed by atoms with Crippen LogP contribution in [-0.4, -0.2) is 10.5 Å². The quantitative estimate of drug-likeness (QED) is 0.482. The van der Waals surface area contributed by atoms with E-state index in [1.807, 2.05) is 0 Å². The molecule has 0 amide bonds. The van der Waals surface area contributed by atoms with E-state index in [9.17, 15) is 10.1 Å². The van der Waals surface area contributed by atoms with Crippen LogP contribution >= 0.6 is 0 Å². The van der Waals surface area contributed by atoms with E-state index in [2.05, 4.69) is 11.2 Å². The van der Waals surface area contributed by atoms with Gasteiger partial charge in [-0.2, -0.15) is 0 Å². The summed E-state index contributed by atoms with van der Waals surface area (Å²) in [5.41, 5.74) is 0.528. The summed E-state index contributed by atoms with van der Waals surface area (Å²) in [5, 5.41) is 13.9. The molecule has 0 aliphatic carbocycles. The van der Waals surface area contributed by atoms with Gasteiger partial charge in [0.15, 0.2) is 0 Å². The van der Waals surface area contributed by atoms with Crippen molar-refractivity contribution in [2.75, 3.05) is 5.32 Å². The SMILES string of the molecule is C#CC(C)(C)Nc1cccc(C)c1[N+](=O)[O-]. The molecule has 0 fully saturated rings. The Kier molecular flexibility index (Phi) is 3.19. The normalized spacial score (nSPS) is 10.6. The lowest BCUT2D eigenvalue weighted by Crippen LogP contribution is -2.28. The van der Waals surface area contributed by atoms with E-state index in [1.165, 1.54) is 0 Å². The van der Waals surface area contributed by atoms with Crippen LogP contribution in [0.15, 0.2) is 18.2 Å². The van der Waals surface area contributed by atoms with Crippen LogP contribution in [-0.2, 0) is 0 Å². The highest BCUT2D eigenvalue weighted by Crippen LogP contribution is 2.29. The van der Waals surface area contributed by atoms with Gasteiger partial charge in [-0.25, -0.2) is 0 Å². The number of hydrogen-bond acceptors (Lipinski definition) is 3. The summed E-state index contributed by atoms with van der Waals surface area (Å²) >= 11 is 0. The highest BCUT2D eigenvalue weighted by molar-refractivity contribution is 5.66. The molecule has 16 heavy (non-hydrogen) atoms. The van der Waals surface area contributed by atoms with E-state index in [-0.39, 0.29) is 5.69 Å². The Balaban J connectivity index is 3.21. The molecule has 0 atom stereocenters. The van der Waals surface area contributed by atoms with Crippen LogP contribution in [0.4, 0.5) is 11.4 Å². The smallest absolute Gasteiger partial charge is 0.295 e. The van der Waals surface area contributed by atoms with Crippen molar-refractivity contribution in [3.05, 3.63) is 33.9 Å². The fourth-order valence-corrected chi connectivity index (χ4v) is 1.37. The molecule has 0 radical (unpaired) electrons. The monoisotopic (exact) mass is 218 g/mol. The van der Waals surface area contributed by atoms with Crippen LogP contribution < -0.4 is 5.32 Å². The third-order valence-corrected chi connectivity index (χ3v) is 2.23. The Morgan fingerprint density at radius 2 is 2.12 bits per heavy atom. The molecule has 0 saturated carbocycles. The number of nitro groups is 1. The number of aryl methyl sites for hydroxylation is 1. The van der Waals surface area contributed by atoms with Crippen molar-refractivity contribution >= 4 is 11.4 Å². The second-order valence-corrected chi connectivity index (χ2v) is 4.12. The Labute approximate surface area is 94.8 Å². The minimum Gasteiger partial charge on any atom is -0.364 e. The van der Waals surface area contributed by atoms with Gasteiger partial charge in [0.25, 0.3) is 5.69 Å². The van der Waals surface area contributed by atoms with E-state index in [1.54, 1.807) is 39.0 Å². The predicted octanol–water partition coefficient (Wildman–Crippen LogP) is 2.73. The first-order valence-corrected chi connectivity index (χ1v) is 4.87. The van der Waals surface area contributed by atoms with Crippen LogP contribution in [0.5, 0.6) is 0 Å². The Hall–Kier alpha value is -2.02. The zero-order chi connectivity index (χ0) is 12.3. The van der Waals surface area contributed by atoms with E-state index in [0.29, 0.717) is 11.3 Å². The Bertz CT molecular complexity index is 459. The largest absolute Gasteiger partial charge is 0.364 e. The summed E-state index contributed by atoms with van der Waals surface area (Å²) < 4.78 is 0. The van der Waals surface area contributed by atoms with Crippen molar-refractivity contribution in [2.24, 2.45) is 0 Å². The molecular weight excluding hydrogens is 204 g/mol. The van der Waals surface area contributed by atoms with Gasteiger partial charge in [0.05, 0.1) is 10.5 Å². The van der Waals surface area contributed by atoms with Crippen LogP contribution in [0.25, 0.3) is 0 Å². The molecular formula is C12H14N2O2. The van der Waals surface area contributed by atoms with E-state index in [4.69, 9.17) is 6.42 Å². The lowest BCUT2D eigenvalue weighted by Gasteiger charge is -2.21. The van der Waals surface area contributed by atoms with Gasteiger partial charge in [0, 0.05) is 5.56 Å². The predicted molar refractivity (Wildman–Crippen MR) is 64.4 cm³/mol. The lowest BCUT2D eigenvalue weighted by molar-refractivity contribution is -0.384. The lowest BCUT2D eigenvalue weighted by atomic mass is 10.1. The summed E-state index contributed by atoms with van der Waals surface area (Å²) in [6, 6.07) is 5.12. The standard InChI is InChI=1S/C12H14N2O2/c1-5-12(3,4)13-10-8-6-7-9(2)11(10)14(15)16/h1,6-8,13H,2-4H3. The van der Waals surface area contributed by atoms with Gasteiger partial charge >= 0.3 is 0 Å². The molecule has 0 saturated heterocycles. The maximum absolute atomic E-state index is 10.9. The minimum absolute atomic E-state index is 0.0748. The first-order chi connectivity index (χ1) is 7.37. The number of anilines is 1. The highest BCUT2D eigenvalue weighted by Gasteiger charge is 2.21. The van der Waals surface area contributed by atoms with Crippen LogP contribution in [0.1, 0.15) is 19.4 Å².